The highest BCUT2D eigenvalue weighted by atomic mass is 32.1. The van der Waals surface area contributed by atoms with Crippen molar-refractivity contribution in [2.24, 2.45) is 7.05 Å². The van der Waals surface area contributed by atoms with E-state index in [-0.39, 0.29) is 12.5 Å². The quantitative estimate of drug-likeness (QED) is 0.209. The molecule has 186 valence electrons. The highest BCUT2D eigenvalue weighted by molar-refractivity contribution is 7.18. The summed E-state index contributed by atoms with van der Waals surface area (Å²) >= 11 is 1.56. The molecule has 5 rings (SSSR count). The zero-order chi connectivity index (χ0) is 25.9. The highest BCUT2D eigenvalue weighted by Crippen LogP contribution is 2.40. The Kier molecular flexibility index (Phi) is 6.82. The number of aromatic nitrogens is 2. The summed E-state index contributed by atoms with van der Waals surface area (Å²) in [7, 11) is 3.45. The van der Waals surface area contributed by atoms with Crippen molar-refractivity contribution in [1.82, 2.24) is 9.55 Å². The molecular formula is C29H26N4O3S. The predicted molar refractivity (Wildman–Crippen MR) is 150 cm³/mol. The van der Waals surface area contributed by atoms with Gasteiger partial charge in [-0.2, -0.15) is 0 Å². The number of methoxy groups -OCH3 is 1. The molecule has 0 aliphatic heterocycles. The molecule has 0 saturated carbocycles. The maximum atomic E-state index is 13.1. The fourth-order valence-corrected chi connectivity index (χ4v) is 5.40. The number of anilines is 2. The Balaban J connectivity index is 1.47. The average Bonchev–Trinajstić information content (AvgIpc) is 3.51. The van der Waals surface area contributed by atoms with Gasteiger partial charge in [0, 0.05) is 48.1 Å². The van der Waals surface area contributed by atoms with E-state index in [9.17, 15) is 4.79 Å². The largest absolute Gasteiger partial charge is 0.495 e. The predicted octanol–water partition coefficient (Wildman–Crippen LogP) is 5.42. The zero-order valence-corrected chi connectivity index (χ0v) is 21.4. The van der Waals surface area contributed by atoms with Gasteiger partial charge in [-0.3, -0.25) is 4.79 Å². The van der Waals surface area contributed by atoms with Crippen molar-refractivity contribution in [3.8, 4) is 28.7 Å². The van der Waals surface area contributed by atoms with E-state index in [4.69, 9.17) is 15.6 Å². The van der Waals surface area contributed by atoms with E-state index in [0.29, 0.717) is 35.8 Å². The normalized spacial score (nSPS) is 10.9. The van der Waals surface area contributed by atoms with Gasteiger partial charge in [0.1, 0.15) is 17.3 Å². The van der Waals surface area contributed by atoms with Crippen LogP contribution in [0.3, 0.4) is 0 Å². The molecule has 5 aromatic rings. The first kappa shape index (κ1) is 24.4. The molecule has 0 radical (unpaired) electrons. The minimum atomic E-state index is -0.219. The number of nitrogens with two attached hydrogens (primary N) is 1. The number of para-hydroxylation sites is 1. The van der Waals surface area contributed by atoms with Crippen LogP contribution in [0.5, 0.6) is 5.75 Å². The number of thiophene rings is 1. The molecule has 0 fully saturated rings. The average molecular weight is 511 g/mol. The van der Waals surface area contributed by atoms with E-state index >= 15 is 0 Å². The van der Waals surface area contributed by atoms with E-state index < -0.39 is 0 Å². The number of nitrogen functional groups attached to an aromatic ring is 1. The summed E-state index contributed by atoms with van der Waals surface area (Å²) in [5, 5.41) is 15.8. The molecular weight excluding hydrogens is 484 g/mol. The first-order chi connectivity index (χ1) is 18.0. The second-order valence-corrected chi connectivity index (χ2v) is 9.44. The molecule has 0 saturated heterocycles. The van der Waals surface area contributed by atoms with Crippen LogP contribution in [-0.4, -0.2) is 34.3 Å². The van der Waals surface area contributed by atoms with Gasteiger partial charge in [0.2, 0.25) is 0 Å². The molecule has 3 heterocycles. The second kappa shape index (κ2) is 10.3. The number of hydrogen-bond acceptors (Lipinski definition) is 6. The van der Waals surface area contributed by atoms with Gasteiger partial charge in [-0.1, -0.05) is 36.1 Å². The lowest BCUT2D eigenvalue weighted by Gasteiger charge is -2.13. The third-order valence-corrected chi connectivity index (χ3v) is 7.27. The Bertz CT molecular complexity index is 1690. The van der Waals surface area contributed by atoms with Crippen LogP contribution in [0.25, 0.3) is 32.1 Å². The van der Waals surface area contributed by atoms with Gasteiger partial charge in [0.15, 0.2) is 0 Å². The molecule has 0 bridgehead atoms. The number of rotatable bonds is 6. The minimum Gasteiger partial charge on any atom is -0.495 e. The van der Waals surface area contributed by atoms with Crippen LogP contribution in [0, 0.1) is 11.8 Å². The van der Waals surface area contributed by atoms with Crippen LogP contribution in [-0.2, 0) is 7.05 Å². The van der Waals surface area contributed by atoms with Gasteiger partial charge < -0.3 is 25.5 Å². The van der Waals surface area contributed by atoms with E-state index in [0.717, 1.165) is 37.7 Å². The standard InChI is InChI=1S/C29H26N4O3S/c1-33-23-10-6-5-8-19(23)14-24(33)29(35)32-22-12-11-18(15-25(22)36-2)21-17-37-27-20(9-4-3-7-13-34)16-31-28(30)26(21)27/h5-6,8,10-12,14-17,34H,3,7,13H2,1-2H3,(H2,30,31)(H,32,35). The summed E-state index contributed by atoms with van der Waals surface area (Å²) in [6.07, 6.45) is 2.94. The van der Waals surface area contributed by atoms with Crippen LogP contribution in [0.2, 0.25) is 0 Å². The summed E-state index contributed by atoms with van der Waals surface area (Å²) in [5.74, 6) is 6.99. The van der Waals surface area contributed by atoms with Crippen LogP contribution < -0.4 is 15.8 Å². The number of amides is 1. The number of aliphatic hydroxyl groups is 1. The lowest BCUT2D eigenvalue weighted by Crippen LogP contribution is -2.16. The zero-order valence-electron chi connectivity index (χ0n) is 20.5. The molecule has 8 heteroatoms. The number of ether oxygens (including phenoxy) is 1. The molecule has 3 aromatic heterocycles. The molecule has 0 aliphatic carbocycles. The monoisotopic (exact) mass is 510 g/mol. The molecule has 1 amide bonds. The van der Waals surface area contributed by atoms with Gasteiger partial charge in [0.25, 0.3) is 5.91 Å². The van der Waals surface area contributed by atoms with E-state index in [1.807, 2.05) is 65.5 Å². The van der Waals surface area contributed by atoms with E-state index in [2.05, 4.69) is 22.1 Å². The number of fused-ring (bicyclic) bond motifs is 2. The molecule has 0 spiro atoms. The maximum Gasteiger partial charge on any atom is 0.272 e. The van der Waals surface area contributed by atoms with E-state index in [1.54, 1.807) is 24.6 Å². The van der Waals surface area contributed by atoms with Crippen LogP contribution in [0.15, 0.2) is 60.1 Å². The van der Waals surface area contributed by atoms with Crippen molar-refractivity contribution >= 4 is 49.7 Å². The number of carbonyl (C=O) groups excluding carboxylic acids is 1. The van der Waals surface area contributed by atoms with Gasteiger partial charge in [-0.05, 0) is 41.6 Å². The molecule has 2 aromatic carbocycles. The van der Waals surface area contributed by atoms with Crippen LogP contribution in [0.4, 0.5) is 11.5 Å². The number of unbranched alkanes of at least 4 members (excludes halogenated alkanes) is 1. The van der Waals surface area contributed by atoms with Gasteiger partial charge in [-0.15, -0.1) is 11.3 Å². The lowest BCUT2D eigenvalue weighted by molar-refractivity contribution is 0.101. The topological polar surface area (TPSA) is 102 Å². The second-order valence-electron chi connectivity index (χ2n) is 8.56. The van der Waals surface area contributed by atoms with Gasteiger partial charge >= 0.3 is 0 Å². The number of aryl methyl sites for hydroxylation is 1. The molecule has 0 atom stereocenters. The SMILES string of the molecule is COc1cc(-c2csc3c(C#CCCCO)cnc(N)c23)ccc1NC(=O)c1cc2ccccc2n1C. The van der Waals surface area contributed by atoms with Crippen molar-refractivity contribution in [3.63, 3.8) is 0 Å². The number of nitrogens with one attached hydrogen (secondary N) is 1. The van der Waals surface area contributed by atoms with Crippen molar-refractivity contribution in [3.05, 3.63) is 71.4 Å². The summed E-state index contributed by atoms with van der Waals surface area (Å²) in [5.41, 5.74) is 11.0. The number of carbonyl (C=O) groups is 1. The molecule has 7 nitrogen and oxygen atoms in total. The minimum absolute atomic E-state index is 0.119. The molecule has 0 aliphatic rings. The summed E-state index contributed by atoms with van der Waals surface area (Å²) in [4.78, 5) is 17.5. The summed E-state index contributed by atoms with van der Waals surface area (Å²) in [6.45, 7) is 0.119. The highest BCUT2D eigenvalue weighted by Gasteiger charge is 2.18. The first-order valence-electron chi connectivity index (χ1n) is 11.8. The first-order valence-corrected chi connectivity index (χ1v) is 12.7. The van der Waals surface area contributed by atoms with Crippen molar-refractivity contribution in [2.45, 2.75) is 12.8 Å². The Morgan fingerprint density at radius 3 is 2.86 bits per heavy atom. The number of hydrogen-bond donors (Lipinski definition) is 3. The third kappa shape index (κ3) is 4.62. The molecule has 0 unspecified atom stereocenters. The van der Waals surface area contributed by atoms with Crippen molar-refractivity contribution in [1.29, 1.82) is 0 Å². The Labute approximate surface area is 218 Å². The van der Waals surface area contributed by atoms with E-state index in [1.165, 1.54) is 0 Å². The van der Waals surface area contributed by atoms with Crippen LogP contribution >= 0.6 is 11.3 Å². The Morgan fingerprint density at radius 2 is 2.08 bits per heavy atom. The number of aliphatic hydroxyl groups excluding tert-OH is 1. The Hall–Kier alpha value is -4.32. The fourth-order valence-electron chi connectivity index (χ4n) is 4.35. The van der Waals surface area contributed by atoms with Gasteiger partial charge in [-0.25, -0.2) is 4.98 Å². The number of nitrogens with zero attached hydrogens (tertiary/aromatic N) is 2. The Morgan fingerprint density at radius 1 is 1.24 bits per heavy atom. The third-order valence-electron chi connectivity index (χ3n) is 6.25. The fraction of sp³-hybridized carbons (Fsp3) is 0.172. The summed E-state index contributed by atoms with van der Waals surface area (Å²) in [6, 6.07) is 15.4. The lowest BCUT2D eigenvalue weighted by atomic mass is 10.0. The van der Waals surface area contributed by atoms with Crippen LogP contribution in [0.1, 0.15) is 28.9 Å². The molecule has 37 heavy (non-hydrogen) atoms. The van der Waals surface area contributed by atoms with Gasteiger partial charge in [0.05, 0.1) is 23.1 Å². The molecule has 4 N–H and O–H groups in total. The number of benzene rings is 2. The van der Waals surface area contributed by atoms with Crippen molar-refractivity contribution in [2.75, 3.05) is 24.8 Å². The smallest absolute Gasteiger partial charge is 0.272 e. The summed E-state index contributed by atoms with van der Waals surface area (Å²) < 4.78 is 8.49. The number of pyridine rings is 1. The maximum absolute atomic E-state index is 13.1. The van der Waals surface area contributed by atoms with Crippen molar-refractivity contribution < 1.29 is 14.6 Å².